The van der Waals surface area contributed by atoms with Gasteiger partial charge in [0, 0.05) is 19.3 Å². The van der Waals surface area contributed by atoms with Crippen molar-refractivity contribution in [3.8, 4) is 0 Å². The standard InChI is InChI=1S/C63H102O6/c1-4-7-10-13-16-19-22-25-28-30-32-35-38-41-44-47-50-53-56-62(65)68-59-60(58-67-61(64)55-52-49-46-43-40-37-34-27-24-21-18-15-12-9-6-3)69-63(66)57-54-51-48-45-42-39-36-33-31-29-26-23-20-17-14-11-8-5-2/h10-11,13-14,16-17,19-20,22-23,25-26,28-33,35-36,60H,4-9,12,15,18,21,24,27,34,37-59H2,1-3H3/b13-10-,14-11-,19-16-,20-17-,25-22-,26-23-,30-28-,31-29-,35-32-,36-33-. The first-order chi connectivity index (χ1) is 34.0. The van der Waals surface area contributed by atoms with Crippen molar-refractivity contribution >= 4 is 17.9 Å². The predicted octanol–water partition coefficient (Wildman–Crippen LogP) is 18.9. The first kappa shape index (κ1) is 64.8. The zero-order valence-electron chi connectivity index (χ0n) is 44.5. The van der Waals surface area contributed by atoms with Crippen LogP contribution in [0.4, 0.5) is 0 Å². The number of allylic oxidation sites excluding steroid dienone is 20. The second-order valence-corrected chi connectivity index (χ2v) is 18.4. The predicted molar refractivity (Wildman–Crippen MR) is 297 cm³/mol. The monoisotopic (exact) mass is 955 g/mol. The number of hydrogen-bond acceptors (Lipinski definition) is 6. The van der Waals surface area contributed by atoms with Crippen molar-refractivity contribution in [1.82, 2.24) is 0 Å². The van der Waals surface area contributed by atoms with Gasteiger partial charge in [-0.15, -0.1) is 0 Å². The van der Waals surface area contributed by atoms with Crippen LogP contribution >= 0.6 is 0 Å². The summed E-state index contributed by atoms with van der Waals surface area (Å²) in [5.41, 5.74) is 0. The van der Waals surface area contributed by atoms with Gasteiger partial charge < -0.3 is 14.2 Å². The highest BCUT2D eigenvalue weighted by molar-refractivity contribution is 5.71. The van der Waals surface area contributed by atoms with Gasteiger partial charge in [0.15, 0.2) is 6.10 Å². The number of carbonyl (C=O) groups is 3. The quantitative estimate of drug-likeness (QED) is 0.0262. The minimum absolute atomic E-state index is 0.0986. The Balaban J connectivity index is 4.52. The fourth-order valence-electron chi connectivity index (χ4n) is 7.44. The van der Waals surface area contributed by atoms with E-state index < -0.39 is 6.10 Å². The van der Waals surface area contributed by atoms with Crippen LogP contribution in [0, 0.1) is 0 Å². The van der Waals surface area contributed by atoms with E-state index in [4.69, 9.17) is 14.2 Å². The van der Waals surface area contributed by atoms with Crippen LogP contribution in [0.3, 0.4) is 0 Å². The van der Waals surface area contributed by atoms with E-state index in [2.05, 4.69) is 93.7 Å². The van der Waals surface area contributed by atoms with Crippen LogP contribution in [0.15, 0.2) is 122 Å². The molecule has 6 heteroatoms. The van der Waals surface area contributed by atoms with Crippen molar-refractivity contribution < 1.29 is 28.6 Å². The molecule has 0 amide bonds. The molecule has 0 aromatic carbocycles. The van der Waals surface area contributed by atoms with Crippen LogP contribution in [0.2, 0.25) is 0 Å². The summed E-state index contributed by atoms with van der Waals surface area (Å²) < 4.78 is 16.8. The lowest BCUT2D eigenvalue weighted by Gasteiger charge is -2.18. The van der Waals surface area contributed by atoms with E-state index in [9.17, 15) is 14.4 Å². The molecular weight excluding hydrogens is 853 g/mol. The Hall–Kier alpha value is -4.19. The summed E-state index contributed by atoms with van der Waals surface area (Å²) in [4.78, 5) is 38.2. The minimum Gasteiger partial charge on any atom is -0.462 e. The Morgan fingerprint density at radius 2 is 0.551 bits per heavy atom. The molecule has 6 nitrogen and oxygen atoms in total. The number of rotatable bonds is 49. The van der Waals surface area contributed by atoms with Gasteiger partial charge in [0.25, 0.3) is 0 Å². The number of carbonyl (C=O) groups excluding carboxylic acids is 3. The average Bonchev–Trinajstić information content (AvgIpc) is 3.35. The summed E-state index contributed by atoms with van der Waals surface area (Å²) in [5, 5.41) is 0. The van der Waals surface area contributed by atoms with Gasteiger partial charge in [-0.3, -0.25) is 14.4 Å². The van der Waals surface area contributed by atoms with Crippen molar-refractivity contribution in [3.05, 3.63) is 122 Å². The summed E-state index contributed by atoms with van der Waals surface area (Å²) >= 11 is 0. The summed E-state index contributed by atoms with van der Waals surface area (Å²) in [6.07, 6.45) is 77.4. The van der Waals surface area contributed by atoms with Crippen molar-refractivity contribution in [3.63, 3.8) is 0 Å². The maximum atomic E-state index is 12.9. The average molecular weight is 956 g/mol. The maximum absolute atomic E-state index is 12.9. The first-order valence-electron chi connectivity index (χ1n) is 28.2. The maximum Gasteiger partial charge on any atom is 0.306 e. The van der Waals surface area contributed by atoms with Gasteiger partial charge >= 0.3 is 17.9 Å². The zero-order valence-corrected chi connectivity index (χ0v) is 44.5. The Bertz CT molecular complexity index is 1470. The van der Waals surface area contributed by atoms with Crippen LogP contribution in [-0.4, -0.2) is 37.2 Å². The minimum atomic E-state index is -0.805. The fraction of sp³-hybridized carbons (Fsp3) is 0.635. The molecule has 0 saturated heterocycles. The molecule has 1 atom stereocenters. The Labute approximate surface area is 424 Å². The molecule has 0 aromatic rings. The largest absolute Gasteiger partial charge is 0.462 e. The Morgan fingerprint density at radius 1 is 0.290 bits per heavy atom. The van der Waals surface area contributed by atoms with Crippen molar-refractivity contribution in [1.29, 1.82) is 0 Å². The third-order valence-electron chi connectivity index (χ3n) is 11.7. The van der Waals surface area contributed by atoms with Gasteiger partial charge in [0.2, 0.25) is 0 Å². The lowest BCUT2D eigenvalue weighted by atomic mass is 10.0. The van der Waals surface area contributed by atoms with Gasteiger partial charge in [0.1, 0.15) is 13.2 Å². The van der Waals surface area contributed by atoms with E-state index in [1.54, 1.807) is 0 Å². The Morgan fingerprint density at radius 3 is 0.870 bits per heavy atom. The Kier molecular flexibility index (Phi) is 53.0. The molecule has 69 heavy (non-hydrogen) atoms. The summed E-state index contributed by atoms with van der Waals surface area (Å²) in [5.74, 6) is -0.950. The molecule has 0 N–H and O–H groups in total. The summed E-state index contributed by atoms with van der Waals surface area (Å²) in [6, 6.07) is 0. The van der Waals surface area contributed by atoms with E-state index in [-0.39, 0.29) is 31.1 Å². The second-order valence-electron chi connectivity index (χ2n) is 18.4. The van der Waals surface area contributed by atoms with Gasteiger partial charge in [0.05, 0.1) is 0 Å². The third-order valence-corrected chi connectivity index (χ3v) is 11.7. The highest BCUT2D eigenvalue weighted by Gasteiger charge is 2.19. The number of unbranched alkanes of at least 4 members (excludes halogenated alkanes) is 26. The van der Waals surface area contributed by atoms with Crippen LogP contribution in [0.5, 0.6) is 0 Å². The second kappa shape index (κ2) is 56.4. The van der Waals surface area contributed by atoms with Crippen molar-refractivity contribution in [2.75, 3.05) is 13.2 Å². The van der Waals surface area contributed by atoms with E-state index >= 15 is 0 Å². The molecule has 0 aliphatic rings. The zero-order chi connectivity index (χ0) is 50.0. The molecule has 0 spiro atoms. The van der Waals surface area contributed by atoms with E-state index in [1.807, 2.05) is 48.6 Å². The lowest BCUT2D eigenvalue weighted by Crippen LogP contribution is -2.30. The topological polar surface area (TPSA) is 78.9 Å². The lowest BCUT2D eigenvalue weighted by molar-refractivity contribution is -0.167. The summed E-state index contributed by atoms with van der Waals surface area (Å²) in [6.45, 7) is 6.42. The highest BCUT2D eigenvalue weighted by Crippen LogP contribution is 2.15. The van der Waals surface area contributed by atoms with Crippen LogP contribution < -0.4 is 0 Å². The molecule has 0 rings (SSSR count). The van der Waals surface area contributed by atoms with Gasteiger partial charge in [-0.2, -0.15) is 0 Å². The molecule has 0 aliphatic carbocycles. The number of esters is 3. The van der Waals surface area contributed by atoms with Crippen LogP contribution in [0.1, 0.15) is 239 Å². The van der Waals surface area contributed by atoms with E-state index in [1.165, 1.54) is 89.9 Å². The van der Waals surface area contributed by atoms with Gasteiger partial charge in [-0.25, -0.2) is 0 Å². The van der Waals surface area contributed by atoms with Gasteiger partial charge in [-0.1, -0.05) is 284 Å². The molecule has 0 aromatic heterocycles. The molecule has 0 aliphatic heterocycles. The van der Waals surface area contributed by atoms with Crippen molar-refractivity contribution in [2.24, 2.45) is 0 Å². The molecule has 390 valence electrons. The fourth-order valence-corrected chi connectivity index (χ4v) is 7.44. The highest BCUT2D eigenvalue weighted by atomic mass is 16.6. The third kappa shape index (κ3) is 54.6. The molecule has 0 heterocycles. The molecule has 0 saturated carbocycles. The van der Waals surface area contributed by atoms with Gasteiger partial charge in [-0.05, 0) is 57.8 Å². The van der Waals surface area contributed by atoms with Crippen molar-refractivity contribution in [2.45, 2.75) is 245 Å². The van der Waals surface area contributed by atoms with Crippen LogP contribution in [-0.2, 0) is 28.6 Å². The SMILES string of the molecule is CCC\C=C/C=C\C=C/C=C\C=C/CCCCCCCC(=O)OCC(COC(=O)CCCCCCCCCCCCCCCCC)OC(=O)CCCCCCC\C=C/C=C\C=C/C=C\C=C/CCC. The smallest absolute Gasteiger partial charge is 0.306 e. The molecule has 0 fully saturated rings. The number of hydrogen-bond donors (Lipinski definition) is 0. The van der Waals surface area contributed by atoms with Crippen LogP contribution in [0.25, 0.3) is 0 Å². The first-order valence-corrected chi connectivity index (χ1v) is 28.2. The van der Waals surface area contributed by atoms with E-state index in [0.29, 0.717) is 19.3 Å². The normalized spacial score (nSPS) is 13.0. The molecular formula is C63H102O6. The molecule has 1 unspecified atom stereocenters. The summed E-state index contributed by atoms with van der Waals surface area (Å²) in [7, 11) is 0. The molecule has 0 radical (unpaired) electrons. The van der Waals surface area contributed by atoms with E-state index in [0.717, 1.165) is 109 Å². The number of ether oxygens (including phenoxy) is 3. The molecule has 0 bridgehead atoms.